The fraction of sp³-hybridized carbons (Fsp3) is 0.538. The smallest absolute Gasteiger partial charge is 0.0875 e. The lowest BCUT2D eigenvalue weighted by atomic mass is 9.90. The van der Waals surface area contributed by atoms with Gasteiger partial charge >= 0.3 is 0 Å². The Balaban J connectivity index is 2.03. The van der Waals surface area contributed by atoms with Gasteiger partial charge in [-0.3, -0.25) is 0 Å². The summed E-state index contributed by atoms with van der Waals surface area (Å²) in [6.45, 7) is 3.24. The first-order valence-electron chi connectivity index (χ1n) is 5.77. The van der Waals surface area contributed by atoms with E-state index in [1.54, 1.807) is 0 Å². The van der Waals surface area contributed by atoms with E-state index in [9.17, 15) is 0 Å². The van der Waals surface area contributed by atoms with Crippen molar-refractivity contribution in [2.24, 2.45) is 5.92 Å². The van der Waals surface area contributed by atoms with Gasteiger partial charge in [0.2, 0.25) is 0 Å². The molecule has 0 bridgehead atoms. The maximum absolute atomic E-state index is 5.90. The maximum Gasteiger partial charge on any atom is 0.0875 e. The summed E-state index contributed by atoms with van der Waals surface area (Å²) in [4.78, 5) is 1.44. The van der Waals surface area contributed by atoms with Crippen LogP contribution in [-0.4, -0.2) is 11.9 Å². The second-order valence-electron chi connectivity index (χ2n) is 4.35. The van der Waals surface area contributed by atoms with Gasteiger partial charge < -0.3 is 4.74 Å². The van der Waals surface area contributed by atoms with Crippen LogP contribution < -0.4 is 0 Å². The van der Waals surface area contributed by atoms with Crippen LogP contribution in [-0.2, 0) is 4.74 Å². The highest BCUT2D eigenvalue weighted by Crippen LogP contribution is 2.50. The number of ether oxygens (including phenoxy) is 1. The average molecular weight is 220 g/mol. The molecule has 0 aromatic heterocycles. The lowest BCUT2D eigenvalue weighted by Crippen LogP contribution is -2.24. The standard InChI is InChI=1S/C13H16OS/c1-2-11-10-7-8-14-13(10)9-5-3-4-6-12(9)15-11/h3-6,10-11,13H,2,7-8H2,1H3/t10-,11-,13+/m1/s1. The van der Waals surface area contributed by atoms with E-state index in [2.05, 4.69) is 43.0 Å². The lowest BCUT2D eigenvalue weighted by molar-refractivity contribution is 0.0859. The zero-order valence-corrected chi connectivity index (χ0v) is 9.80. The first-order chi connectivity index (χ1) is 7.40. The molecule has 2 heteroatoms. The van der Waals surface area contributed by atoms with Crippen LogP contribution in [0.5, 0.6) is 0 Å². The monoisotopic (exact) mass is 220 g/mol. The Morgan fingerprint density at radius 2 is 2.27 bits per heavy atom. The fourth-order valence-electron chi connectivity index (χ4n) is 2.77. The maximum atomic E-state index is 5.90. The molecule has 0 aliphatic carbocycles. The van der Waals surface area contributed by atoms with Crippen molar-refractivity contribution in [3.8, 4) is 0 Å². The van der Waals surface area contributed by atoms with Gasteiger partial charge in [-0.1, -0.05) is 25.1 Å². The normalized spacial score (nSPS) is 33.5. The minimum Gasteiger partial charge on any atom is -0.373 e. The molecule has 0 saturated carbocycles. The van der Waals surface area contributed by atoms with E-state index < -0.39 is 0 Å². The number of hydrogen-bond acceptors (Lipinski definition) is 2. The van der Waals surface area contributed by atoms with E-state index in [4.69, 9.17) is 4.74 Å². The van der Waals surface area contributed by atoms with Gasteiger partial charge in [0.15, 0.2) is 0 Å². The Bertz CT molecular complexity index is 363. The van der Waals surface area contributed by atoms with Gasteiger partial charge in [0.05, 0.1) is 6.10 Å². The summed E-state index contributed by atoms with van der Waals surface area (Å²) >= 11 is 2.05. The Morgan fingerprint density at radius 1 is 1.40 bits per heavy atom. The predicted molar refractivity (Wildman–Crippen MR) is 63.2 cm³/mol. The molecule has 3 atom stereocenters. The van der Waals surface area contributed by atoms with Crippen molar-refractivity contribution in [1.82, 2.24) is 0 Å². The Kier molecular flexibility index (Phi) is 2.49. The second-order valence-corrected chi connectivity index (χ2v) is 5.63. The molecule has 80 valence electrons. The third-order valence-electron chi connectivity index (χ3n) is 3.52. The summed E-state index contributed by atoms with van der Waals surface area (Å²) in [5, 5.41) is 0.757. The molecular formula is C13H16OS. The van der Waals surface area contributed by atoms with E-state index in [1.165, 1.54) is 23.3 Å². The van der Waals surface area contributed by atoms with E-state index in [0.717, 1.165) is 17.8 Å². The van der Waals surface area contributed by atoms with E-state index in [1.807, 2.05) is 0 Å². The molecule has 1 aromatic rings. The average Bonchev–Trinajstić information content (AvgIpc) is 2.77. The molecule has 15 heavy (non-hydrogen) atoms. The van der Waals surface area contributed by atoms with Crippen LogP contribution in [0.25, 0.3) is 0 Å². The molecule has 1 aromatic carbocycles. The lowest BCUT2D eigenvalue weighted by Gasteiger charge is -2.33. The summed E-state index contributed by atoms with van der Waals surface area (Å²) in [5.41, 5.74) is 1.43. The van der Waals surface area contributed by atoms with Crippen LogP contribution in [0.4, 0.5) is 0 Å². The second kappa shape index (κ2) is 3.84. The molecule has 1 nitrogen and oxygen atoms in total. The van der Waals surface area contributed by atoms with Gasteiger partial charge in [-0.15, -0.1) is 11.8 Å². The van der Waals surface area contributed by atoms with Gasteiger partial charge in [-0.2, -0.15) is 0 Å². The Labute approximate surface area is 95.2 Å². The highest BCUT2D eigenvalue weighted by Gasteiger charge is 2.40. The van der Waals surface area contributed by atoms with Crippen molar-refractivity contribution in [3.63, 3.8) is 0 Å². The third-order valence-corrected chi connectivity index (χ3v) is 5.13. The van der Waals surface area contributed by atoms with Crippen LogP contribution in [0.1, 0.15) is 31.4 Å². The molecule has 2 aliphatic rings. The molecular weight excluding hydrogens is 204 g/mol. The summed E-state index contributed by atoms with van der Waals surface area (Å²) in [6.07, 6.45) is 2.88. The quantitative estimate of drug-likeness (QED) is 0.714. The van der Waals surface area contributed by atoms with Crippen molar-refractivity contribution in [2.75, 3.05) is 6.61 Å². The Hall–Kier alpha value is -0.470. The number of thioether (sulfide) groups is 1. The Morgan fingerprint density at radius 3 is 3.13 bits per heavy atom. The summed E-state index contributed by atoms with van der Waals surface area (Å²) < 4.78 is 5.90. The predicted octanol–water partition coefficient (Wildman–Crippen LogP) is 3.65. The molecule has 2 aliphatic heterocycles. The van der Waals surface area contributed by atoms with Crippen molar-refractivity contribution in [1.29, 1.82) is 0 Å². The molecule has 2 heterocycles. The molecule has 1 fully saturated rings. The molecule has 0 radical (unpaired) electrons. The molecule has 1 saturated heterocycles. The van der Waals surface area contributed by atoms with Crippen LogP contribution in [0.2, 0.25) is 0 Å². The van der Waals surface area contributed by atoms with Gasteiger partial charge in [0, 0.05) is 22.7 Å². The highest BCUT2D eigenvalue weighted by molar-refractivity contribution is 8.00. The summed E-state index contributed by atoms with van der Waals surface area (Å²) in [7, 11) is 0. The number of benzene rings is 1. The van der Waals surface area contributed by atoms with Crippen molar-refractivity contribution < 1.29 is 4.74 Å². The minimum absolute atomic E-state index is 0.382. The van der Waals surface area contributed by atoms with Crippen molar-refractivity contribution >= 4 is 11.8 Å². The number of rotatable bonds is 1. The molecule has 3 rings (SSSR count). The van der Waals surface area contributed by atoms with Gasteiger partial charge in [-0.05, 0) is 24.5 Å². The topological polar surface area (TPSA) is 9.23 Å². The summed E-state index contributed by atoms with van der Waals surface area (Å²) in [5.74, 6) is 0.745. The van der Waals surface area contributed by atoms with Crippen molar-refractivity contribution in [3.05, 3.63) is 29.8 Å². The van der Waals surface area contributed by atoms with E-state index in [-0.39, 0.29) is 0 Å². The van der Waals surface area contributed by atoms with E-state index in [0.29, 0.717) is 6.10 Å². The molecule has 0 amide bonds. The van der Waals surface area contributed by atoms with Gasteiger partial charge in [0.1, 0.15) is 0 Å². The van der Waals surface area contributed by atoms with Crippen molar-refractivity contribution in [2.45, 2.75) is 36.0 Å². The third kappa shape index (κ3) is 1.51. The van der Waals surface area contributed by atoms with Gasteiger partial charge in [-0.25, -0.2) is 0 Å². The number of fused-ring (bicyclic) bond motifs is 3. The SMILES string of the molecule is CC[C@H]1Sc2ccccc2[C@@H]2OCC[C@H]12. The first-order valence-corrected chi connectivity index (χ1v) is 6.65. The summed E-state index contributed by atoms with van der Waals surface area (Å²) in [6, 6.07) is 8.73. The fourth-order valence-corrected chi connectivity index (χ4v) is 4.19. The van der Waals surface area contributed by atoms with E-state index >= 15 is 0 Å². The highest BCUT2D eigenvalue weighted by atomic mass is 32.2. The largest absolute Gasteiger partial charge is 0.373 e. The number of hydrogen-bond donors (Lipinski definition) is 0. The van der Waals surface area contributed by atoms with Crippen LogP contribution in [0.3, 0.4) is 0 Å². The zero-order valence-electron chi connectivity index (χ0n) is 8.98. The van der Waals surface area contributed by atoms with Gasteiger partial charge in [0.25, 0.3) is 0 Å². The molecule has 0 unspecified atom stereocenters. The molecule has 0 spiro atoms. The zero-order chi connectivity index (χ0) is 10.3. The van der Waals surface area contributed by atoms with Crippen LogP contribution in [0.15, 0.2) is 29.2 Å². The minimum atomic E-state index is 0.382. The first kappa shape index (κ1) is 9.73. The van der Waals surface area contributed by atoms with Crippen LogP contribution in [0, 0.1) is 5.92 Å². The molecule has 0 N–H and O–H groups in total. The van der Waals surface area contributed by atoms with Crippen LogP contribution >= 0.6 is 11.8 Å².